The molecule has 1 aromatic heterocycles. The number of hydrazone groups is 1. The van der Waals surface area contributed by atoms with Gasteiger partial charge in [-0.2, -0.15) is 5.10 Å². The van der Waals surface area contributed by atoms with Crippen LogP contribution in [0.25, 0.3) is 0 Å². The van der Waals surface area contributed by atoms with Gasteiger partial charge in [-0.15, -0.1) is 0 Å². The van der Waals surface area contributed by atoms with Gasteiger partial charge in [-0.05, 0) is 37.5 Å². The zero-order chi connectivity index (χ0) is 18.8. The highest BCUT2D eigenvalue weighted by Crippen LogP contribution is 2.33. The number of amides is 1. The molecule has 1 aromatic carbocycles. The minimum atomic E-state index is -0.245. The molecule has 142 valence electrons. The Morgan fingerprint density at radius 3 is 2.63 bits per heavy atom. The number of aliphatic hydroxyl groups excluding tert-OH is 1. The zero-order valence-corrected chi connectivity index (χ0v) is 15.5. The van der Waals surface area contributed by atoms with Crippen LogP contribution in [0.2, 0.25) is 0 Å². The fraction of sp³-hybridized carbons (Fsp3) is 0.429. The normalized spacial score (nSPS) is 21.5. The fourth-order valence-corrected chi connectivity index (χ4v) is 3.70. The topological polar surface area (TPSA) is 69.3 Å². The van der Waals surface area contributed by atoms with E-state index < -0.39 is 0 Å². The average Bonchev–Trinajstić information content (AvgIpc) is 3.33. The maximum Gasteiger partial charge on any atom is 0.257 e. The Morgan fingerprint density at radius 1 is 1.22 bits per heavy atom. The first-order valence-corrected chi connectivity index (χ1v) is 9.50. The van der Waals surface area contributed by atoms with Crippen molar-refractivity contribution in [2.75, 3.05) is 19.6 Å². The van der Waals surface area contributed by atoms with E-state index in [9.17, 15) is 9.90 Å². The molecule has 1 amide bonds. The lowest BCUT2D eigenvalue weighted by Gasteiger charge is -2.30. The number of carbonyl (C=O) groups is 1. The molecule has 2 aliphatic rings. The molecule has 3 heterocycles. The van der Waals surface area contributed by atoms with E-state index in [0.29, 0.717) is 25.8 Å². The lowest BCUT2D eigenvalue weighted by atomic mass is 10.0. The van der Waals surface area contributed by atoms with E-state index in [4.69, 9.17) is 4.42 Å². The standard InChI is InChI=1S/C21H25N3O3/c1-15-4-6-16(7-5-15)18-13-19(20-3-2-12-27-20)24(22-18)21(26)14-23-10-8-17(25)9-11-23/h2-7,12,17,19,25H,8-11,13-14H2,1H3. The fourth-order valence-electron chi connectivity index (χ4n) is 3.70. The smallest absolute Gasteiger partial charge is 0.257 e. The van der Waals surface area contributed by atoms with Gasteiger partial charge in [0.15, 0.2) is 0 Å². The molecule has 2 aliphatic heterocycles. The number of hydrogen-bond donors (Lipinski definition) is 1. The molecule has 1 N–H and O–H groups in total. The van der Waals surface area contributed by atoms with Crippen LogP contribution in [0.15, 0.2) is 52.2 Å². The molecule has 0 saturated carbocycles. The van der Waals surface area contributed by atoms with Crippen LogP contribution in [0, 0.1) is 6.92 Å². The van der Waals surface area contributed by atoms with Crippen molar-refractivity contribution in [2.24, 2.45) is 5.10 Å². The van der Waals surface area contributed by atoms with Crippen LogP contribution in [0.1, 0.15) is 42.2 Å². The summed E-state index contributed by atoms with van der Waals surface area (Å²) in [5, 5.41) is 15.9. The number of carbonyl (C=O) groups excluding carboxylic acids is 1. The van der Waals surface area contributed by atoms with Crippen molar-refractivity contribution < 1.29 is 14.3 Å². The van der Waals surface area contributed by atoms with Crippen molar-refractivity contribution in [3.05, 3.63) is 59.5 Å². The summed E-state index contributed by atoms with van der Waals surface area (Å²) >= 11 is 0. The second-order valence-corrected chi connectivity index (χ2v) is 7.39. The van der Waals surface area contributed by atoms with Crippen LogP contribution in [0.4, 0.5) is 0 Å². The van der Waals surface area contributed by atoms with Gasteiger partial charge in [0.2, 0.25) is 0 Å². The number of likely N-dealkylation sites (tertiary alicyclic amines) is 1. The van der Waals surface area contributed by atoms with Gasteiger partial charge in [0.05, 0.1) is 24.6 Å². The van der Waals surface area contributed by atoms with Crippen molar-refractivity contribution in [1.29, 1.82) is 0 Å². The van der Waals surface area contributed by atoms with Crippen LogP contribution >= 0.6 is 0 Å². The minimum Gasteiger partial charge on any atom is -0.467 e. The molecule has 1 fully saturated rings. The van der Waals surface area contributed by atoms with Gasteiger partial charge in [0.25, 0.3) is 5.91 Å². The van der Waals surface area contributed by atoms with Crippen LogP contribution in [0.5, 0.6) is 0 Å². The van der Waals surface area contributed by atoms with Crippen molar-refractivity contribution in [2.45, 2.75) is 38.3 Å². The Hall–Kier alpha value is -2.44. The zero-order valence-electron chi connectivity index (χ0n) is 15.5. The Balaban J connectivity index is 1.54. The van der Waals surface area contributed by atoms with Gasteiger partial charge in [-0.3, -0.25) is 9.69 Å². The SMILES string of the molecule is Cc1ccc(C2=NN(C(=O)CN3CCC(O)CC3)C(c3ccco3)C2)cc1. The third kappa shape index (κ3) is 3.96. The number of benzene rings is 1. The van der Waals surface area contributed by atoms with E-state index in [1.807, 2.05) is 24.3 Å². The molecule has 27 heavy (non-hydrogen) atoms. The third-order valence-corrected chi connectivity index (χ3v) is 5.34. The highest BCUT2D eigenvalue weighted by molar-refractivity contribution is 6.03. The van der Waals surface area contributed by atoms with E-state index >= 15 is 0 Å². The van der Waals surface area contributed by atoms with E-state index in [-0.39, 0.29) is 18.1 Å². The monoisotopic (exact) mass is 367 g/mol. The van der Waals surface area contributed by atoms with Crippen molar-refractivity contribution in [1.82, 2.24) is 9.91 Å². The van der Waals surface area contributed by atoms with Crippen LogP contribution in [-0.4, -0.2) is 52.4 Å². The first-order valence-electron chi connectivity index (χ1n) is 9.50. The van der Waals surface area contributed by atoms with Gasteiger partial charge >= 0.3 is 0 Å². The van der Waals surface area contributed by atoms with Crippen molar-refractivity contribution >= 4 is 11.6 Å². The quantitative estimate of drug-likeness (QED) is 0.902. The van der Waals surface area contributed by atoms with Crippen LogP contribution < -0.4 is 0 Å². The Morgan fingerprint density at radius 2 is 1.96 bits per heavy atom. The summed E-state index contributed by atoms with van der Waals surface area (Å²) < 4.78 is 5.59. The molecular formula is C21H25N3O3. The predicted molar refractivity (Wildman–Crippen MR) is 102 cm³/mol. The lowest BCUT2D eigenvalue weighted by molar-refractivity contribution is -0.135. The molecule has 0 aliphatic carbocycles. The molecule has 4 rings (SSSR count). The number of aryl methyl sites for hydroxylation is 1. The number of rotatable bonds is 4. The molecule has 2 aromatic rings. The van der Waals surface area contributed by atoms with Gasteiger partial charge in [0.1, 0.15) is 11.8 Å². The number of hydrogen-bond acceptors (Lipinski definition) is 5. The minimum absolute atomic E-state index is 0.0325. The summed E-state index contributed by atoms with van der Waals surface area (Å²) in [7, 11) is 0. The first-order chi connectivity index (χ1) is 13.1. The summed E-state index contributed by atoms with van der Waals surface area (Å²) in [6.07, 6.45) is 3.46. The molecule has 0 bridgehead atoms. The van der Waals surface area contributed by atoms with Gasteiger partial charge in [-0.25, -0.2) is 5.01 Å². The maximum absolute atomic E-state index is 13.0. The molecular weight excluding hydrogens is 342 g/mol. The lowest BCUT2D eigenvalue weighted by Crippen LogP contribution is -2.43. The maximum atomic E-state index is 13.0. The number of piperidine rings is 1. The van der Waals surface area contributed by atoms with Gasteiger partial charge in [0, 0.05) is 19.5 Å². The highest BCUT2D eigenvalue weighted by Gasteiger charge is 2.35. The third-order valence-electron chi connectivity index (χ3n) is 5.34. The highest BCUT2D eigenvalue weighted by atomic mass is 16.3. The van der Waals surface area contributed by atoms with E-state index in [1.165, 1.54) is 5.56 Å². The first kappa shape index (κ1) is 17.9. The predicted octanol–water partition coefficient (Wildman–Crippen LogP) is 2.72. The molecule has 1 saturated heterocycles. The van der Waals surface area contributed by atoms with Crippen molar-refractivity contribution in [3.63, 3.8) is 0 Å². The Bertz CT molecular complexity index is 806. The van der Waals surface area contributed by atoms with E-state index in [1.54, 1.807) is 11.3 Å². The number of furan rings is 1. The number of nitrogens with zero attached hydrogens (tertiary/aromatic N) is 3. The Kier molecular flexibility index (Phi) is 5.09. The molecule has 6 heteroatoms. The second-order valence-electron chi connectivity index (χ2n) is 7.39. The molecule has 6 nitrogen and oxygen atoms in total. The molecule has 0 spiro atoms. The molecule has 1 unspecified atom stereocenters. The largest absolute Gasteiger partial charge is 0.467 e. The molecule has 0 radical (unpaired) electrons. The summed E-state index contributed by atoms with van der Waals surface area (Å²) in [6.45, 7) is 3.84. The summed E-state index contributed by atoms with van der Waals surface area (Å²) in [5.74, 6) is 0.721. The number of aliphatic hydroxyl groups is 1. The summed E-state index contributed by atoms with van der Waals surface area (Å²) in [5.41, 5.74) is 3.13. The Labute approximate surface area is 159 Å². The van der Waals surface area contributed by atoms with Gasteiger partial charge < -0.3 is 9.52 Å². The van der Waals surface area contributed by atoms with Crippen LogP contribution in [-0.2, 0) is 4.79 Å². The molecule has 1 atom stereocenters. The van der Waals surface area contributed by atoms with E-state index in [0.717, 1.165) is 30.1 Å². The van der Waals surface area contributed by atoms with E-state index in [2.05, 4.69) is 29.1 Å². The average molecular weight is 367 g/mol. The second kappa shape index (κ2) is 7.66. The summed E-state index contributed by atoms with van der Waals surface area (Å²) in [4.78, 5) is 15.1. The van der Waals surface area contributed by atoms with Gasteiger partial charge in [-0.1, -0.05) is 29.8 Å². The summed E-state index contributed by atoms with van der Waals surface area (Å²) in [6, 6.07) is 11.7. The van der Waals surface area contributed by atoms with Crippen molar-refractivity contribution in [3.8, 4) is 0 Å². The van der Waals surface area contributed by atoms with Crippen LogP contribution in [0.3, 0.4) is 0 Å².